The van der Waals surface area contributed by atoms with Gasteiger partial charge in [0, 0.05) is 56.3 Å². The highest BCUT2D eigenvalue weighted by Crippen LogP contribution is 2.36. The van der Waals surface area contributed by atoms with E-state index in [1.165, 1.54) is 0 Å². The van der Waals surface area contributed by atoms with Gasteiger partial charge in [0.25, 0.3) is 0 Å². The van der Waals surface area contributed by atoms with Crippen LogP contribution in [0.25, 0.3) is 21.6 Å². The van der Waals surface area contributed by atoms with Gasteiger partial charge in [0.15, 0.2) is 5.69 Å². The second-order valence-electron chi connectivity index (χ2n) is 7.17. The third-order valence-corrected chi connectivity index (χ3v) is 5.45. The minimum Gasteiger partial charge on any atom is -0.381 e. The van der Waals surface area contributed by atoms with Gasteiger partial charge in [-0.15, -0.1) is 0 Å². The van der Waals surface area contributed by atoms with Crippen molar-refractivity contribution in [2.24, 2.45) is 7.05 Å². The molecule has 0 atom stereocenters. The van der Waals surface area contributed by atoms with Gasteiger partial charge in [-0.05, 0) is 44.4 Å². The molecule has 0 saturated carbocycles. The molecule has 3 aromatic rings. The van der Waals surface area contributed by atoms with Gasteiger partial charge in [-0.3, -0.25) is 0 Å². The van der Waals surface area contributed by atoms with Crippen molar-refractivity contribution in [1.29, 1.82) is 0 Å². The Morgan fingerprint density at radius 1 is 1.30 bits per heavy atom. The van der Waals surface area contributed by atoms with Crippen molar-refractivity contribution >= 4 is 17.0 Å². The van der Waals surface area contributed by atoms with Crippen molar-refractivity contribution in [3.8, 4) is 11.3 Å². The summed E-state index contributed by atoms with van der Waals surface area (Å²) in [7, 11) is 1.98. The minimum absolute atomic E-state index is 0.437. The summed E-state index contributed by atoms with van der Waals surface area (Å²) in [5.41, 5.74) is 4.81. The fourth-order valence-electron chi connectivity index (χ4n) is 4.07. The van der Waals surface area contributed by atoms with Crippen molar-refractivity contribution in [3.05, 3.63) is 47.8 Å². The number of fused-ring (bicyclic) bond motifs is 1. The number of ether oxygens (including phenoxy) is 1. The number of anilines is 1. The molecule has 0 aliphatic carbocycles. The van der Waals surface area contributed by atoms with E-state index in [4.69, 9.17) is 11.3 Å². The minimum atomic E-state index is 0.437. The summed E-state index contributed by atoms with van der Waals surface area (Å²) in [6.45, 7) is 14.4. The second-order valence-corrected chi connectivity index (χ2v) is 7.17. The summed E-state index contributed by atoms with van der Waals surface area (Å²) in [6, 6.07) is 4.54. The lowest BCUT2D eigenvalue weighted by Crippen LogP contribution is -2.40. The number of nitrogens with zero attached hydrogens (tertiary/aromatic N) is 5. The highest BCUT2D eigenvalue weighted by Gasteiger charge is 2.25. The molecule has 1 saturated heterocycles. The molecule has 3 aromatic heterocycles. The van der Waals surface area contributed by atoms with Crippen LogP contribution in [0.5, 0.6) is 0 Å². The fraction of sp³-hybridized carbons (Fsp3) is 0.429. The predicted octanol–water partition coefficient (Wildman–Crippen LogP) is 4.20. The van der Waals surface area contributed by atoms with E-state index in [0.29, 0.717) is 11.7 Å². The van der Waals surface area contributed by atoms with E-state index < -0.39 is 0 Å². The number of hydrogen-bond donors (Lipinski definition) is 0. The van der Waals surface area contributed by atoms with Crippen molar-refractivity contribution in [3.63, 3.8) is 0 Å². The highest BCUT2D eigenvalue weighted by atomic mass is 16.5. The van der Waals surface area contributed by atoms with Gasteiger partial charge >= 0.3 is 0 Å². The molecule has 0 amide bonds. The van der Waals surface area contributed by atoms with E-state index in [1.54, 1.807) is 0 Å². The molecular formula is C21H25N5O. The summed E-state index contributed by atoms with van der Waals surface area (Å²) in [4.78, 5) is 10.7. The summed E-state index contributed by atoms with van der Waals surface area (Å²) >= 11 is 0. The van der Waals surface area contributed by atoms with Gasteiger partial charge in [-0.25, -0.2) is 9.83 Å². The monoisotopic (exact) mass is 363 g/mol. The maximum absolute atomic E-state index is 7.63. The van der Waals surface area contributed by atoms with Crippen LogP contribution < -0.4 is 4.90 Å². The molecule has 0 spiro atoms. The molecule has 0 bridgehead atoms. The molecule has 0 unspecified atom stereocenters. The maximum atomic E-state index is 7.63. The number of rotatable bonds is 4. The molecule has 1 aliphatic rings. The van der Waals surface area contributed by atoms with Gasteiger partial charge in [0.2, 0.25) is 0 Å². The highest BCUT2D eigenvalue weighted by molar-refractivity contribution is 5.77. The van der Waals surface area contributed by atoms with Crippen LogP contribution >= 0.6 is 0 Å². The van der Waals surface area contributed by atoms with E-state index >= 15 is 0 Å². The lowest BCUT2D eigenvalue weighted by molar-refractivity contribution is 0.0844. The van der Waals surface area contributed by atoms with Crippen LogP contribution in [0.15, 0.2) is 30.9 Å². The molecule has 1 aliphatic heterocycles. The molecule has 4 rings (SSSR count). The smallest absolute Gasteiger partial charge is 0.195 e. The molecular weight excluding hydrogens is 338 g/mol. The summed E-state index contributed by atoms with van der Waals surface area (Å²) in [5, 5.41) is 0. The average Bonchev–Trinajstić information content (AvgIpc) is 3.30. The number of aromatic nitrogens is 3. The van der Waals surface area contributed by atoms with Crippen molar-refractivity contribution < 1.29 is 4.74 Å². The first kappa shape index (κ1) is 17.6. The van der Waals surface area contributed by atoms with Crippen LogP contribution in [0.2, 0.25) is 0 Å². The van der Waals surface area contributed by atoms with Gasteiger partial charge in [-0.2, -0.15) is 0 Å². The van der Waals surface area contributed by atoms with E-state index in [9.17, 15) is 0 Å². The van der Waals surface area contributed by atoms with Gasteiger partial charge in [-0.1, -0.05) is 0 Å². The lowest BCUT2D eigenvalue weighted by atomic mass is 10.1. The number of imidazole rings is 1. The van der Waals surface area contributed by atoms with Crippen molar-refractivity contribution in [2.75, 3.05) is 24.7 Å². The molecule has 6 nitrogen and oxygen atoms in total. The molecule has 1 fully saturated rings. The molecule has 27 heavy (non-hydrogen) atoms. The van der Waals surface area contributed by atoms with E-state index in [-0.39, 0.29) is 0 Å². The SMILES string of the molecule is [C-]#[N+]c1cc2cc(-c3cn(C)cn3)cn2c(N(CC)C2CCOCC2)c1C. The van der Waals surface area contributed by atoms with E-state index in [1.807, 2.05) is 30.2 Å². The molecule has 6 heteroatoms. The van der Waals surface area contributed by atoms with Crippen molar-refractivity contribution in [1.82, 2.24) is 14.0 Å². The standard InChI is InChI=1S/C21H25N5O/c1-5-25(17-6-8-27-9-7-17)21-15(2)19(22-3)11-18-10-16(12-26(18)21)20-13-24(4)14-23-20/h10-14,17H,5-9H2,1-2,4H3. The lowest BCUT2D eigenvalue weighted by Gasteiger charge is -2.37. The van der Waals surface area contributed by atoms with E-state index in [2.05, 4.69) is 45.2 Å². The molecule has 0 N–H and O–H groups in total. The third-order valence-electron chi connectivity index (χ3n) is 5.45. The molecule has 4 heterocycles. The van der Waals surface area contributed by atoms with Crippen LogP contribution in [0, 0.1) is 13.5 Å². The van der Waals surface area contributed by atoms with Gasteiger partial charge in [0.1, 0.15) is 5.82 Å². The van der Waals surface area contributed by atoms with Crippen LogP contribution in [0.4, 0.5) is 11.5 Å². The Labute approximate surface area is 159 Å². The topological polar surface area (TPSA) is 39.1 Å². The Bertz CT molecular complexity index is 1000. The quantitative estimate of drug-likeness (QED) is 0.652. The largest absolute Gasteiger partial charge is 0.381 e. The van der Waals surface area contributed by atoms with Crippen LogP contribution in [-0.2, 0) is 11.8 Å². The van der Waals surface area contributed by atoms with E-state index in [0.717, 1.165) is 60.8 Å². The summed E-state index contributed by atoms with van der Waals surface area (Å²) in [5.74, 6) is 1.12. The number of hydrogen-bond acceptors (Lipinski definition) is 3. The van der Waals surface area contributed by atoms with Gasteiger partial charge < -0.3 is 18.6 Å². The van der Waals surface area contributed by atoms with Crippen LogP contribution in [0.3, 0.4) is 0 Å². The predicted molar refractivity (Wildman–Crippen MR) is 107 cm³/mol. The summed E-state index contributed by atoms with van der Waals surface area (Å²) < 4.78 is 9.75. The number of aryl methyl sites for hydroxylation is 1. The zero-order valence-electron chi connectivity index (χ0n) is 16.1. The fourth-order valence-corrected chi connectivity index (χ4v) is 4.07. The Hall–Kier alpha value is -2.78. The second kappa shape index (κ2) is 7.09. The first-order valence-electron chi connectivity index (χ1n) is 9.48. The zero-order valence-corrected chi connectivity index (χ0v) is 16.1. The maximum Gasteiger partial charge on any atom is 0.195 e. The normalized spacial score (nSPS) is 15.2. The molecule has 0 aromatic carbocycles. The Morgan fingerprint density at radius 3 is 2.70 bits per heavy atom. The third kappa shape index (κ3) is 3.08. The Kier molecular flexibility index (Phi) is 4.63. The average molecular weight is 363 g/mol. The number of pyridine rings is 1. The molecule has 140 valence electrons. The first-order valence-corrected chi connectivity index (χ1v) is 9.48. The summed E-state index contributed by atoms with van der Waals surface area (Å²) in [6.07, 6.45) is 8.02. The molecule has 0 radical (unpaired) electrons. The van der Waals surface area contributed by atoms with Crippen molar-refractivity contribution in [2.45, 2.75) is 32.7 Å². The first-order chi connectivity index (χ1) is 13.1. The Balaban J connectivity index is 1.90. The Morgan fingerprint density at radius 2 is 2.07 bits per heavy atom. The van der Waals surface area contributed by atoms with Gasteiger partial charge in [0.05, 0.1) is 18.6 Å². The zero-order chi connectivity index (χ0) is 19.0. The van der Waals surface area contributed by atoms with Crippen LogP contribution in [0.1, 0.15) is 25.3 Å². The van der Waals surface area contributed by atoms with Crippen LogP contribution in [-0.4, -0.2) is 39.8 Å².